The fraction of sp³-hybridized carbons (Fsp3) is 0.300. The molecule has 5 nitrogen and oxygen atoms in total. The van der Waals surface area contributed by atoms with Gasteiger partial charge in [0.2, 0.25) is 0 Å². The Hall–Kier alpha value is -2.89. The molecule has 0 unspecified atom stereocenters. The molecule has 6 heteroatoms. The van der Waals surface area contributed by atoms with E-state index in [9.17, 15) is 9.18 Å². The van der Waals surface area contributed by atoms with Gasteiger partial charge in [-0.15, -0.1) is 0 Å². The number of hydrazone groups is 1. The average Bonchev–Trinajstić information content (AvgIpc) is 2.62. The monoisotopic (exact) mass is 358 g/mol. The lowest BCUT2D eigenvalue weighted by molar-refractivity contribution is 0.0951. The predicted octanol–water partition coefficient (Wildman–Crippen LogP) is 4.02. The van der Waals surface area contributed by atoms with E-state index in [0.717, 1.165) is 6.42 Å². The highest BCUT2D eigenvalue weighted by molar-refractivity contribution is 5.95. The van der Waals surface area contributed by atoms with Crippen molar-refractivity contribution >= 4 is 12.1 Å². The Kier molecular flexibility index (Phi) is 7.14. The Morgan fingerprint density at radius 3 is 2.69 bits per heavy atom. The molecule has 0 radical (unpaired) electrons. The van der Waals surface area contributed by atoms with Crippen molar-refractivity contribution in [2.45, 2.75) is 20.3 Å². The second-order valence-corrected chi connectivity index (χ2v) is 6.12. The van der Waals surface area contributed by atoms with Crippen LogP contribution in [-0.4, -0.2) is 25.8 Å². The van der Waals surface area contributed by atoms with Gasteiger partial charge in [-0.25, -0.2) is 9.82 Å². The Balaban J connectivity index is 1.99. The number of carbonyl (C=O) groups excluding carboxylic acids is 1. The van der Waals surface area contributed by atoms with Gasteiger partial charge in [0.15, 0.2) is 11.5 Å². The van der Waals surface area contributed by atoms with Crippen molar-refractivity contribution in [3.05, 3.63) is 59.4 Å². The van der Waals surface area contributed by atoms with E-state index in [-0.39, 0.29) is 5.56 Å². The van der Waals surface area contributed by atoms with Crippen LogP contribution in [0, 0.1) is 11.7 Å². The van der Waals surface area contributed by atoms with E-state index >= 15 is 0 Å². The summed E-state index contributed by atoms with van der Waals surface area (Å²) in [5, 5.41) is 3.86. The lowest BCUT2D eigenvalue weighted by Crippen LogP contribution is -2.18. The average molecular weight is 358 g/mol. The number of nitrogens with one attached hydrogen (secondary N) is 1. The molecule has 2 rings (SSSR count). The van der Waals surface area contributed by atoms with Crippen LogP contribution in [0.5, 0.6) is 11.5 Å². The van der Waals surface area contributed by atoms with E-state index in [1.807, 2.05) is 0 Å². The zero-order valence-corrected chi connectivity index (χ0v) is 15.2. The first kappa shape index (κ1) is 19.4. The summed E-state index contributed by atoms with van der Waals surface area (Å²) in [6.45, 7) is 4.88. The Bertz CT molecular complexity index is 775. The predicted molar refractivity (Wildman–Crippen MR) is 99.4 cm³/mol. The lowest BCUT2D eigenvalue weighted by Gasteiger charge is -2.12. The molecule has 1 amide bonds. The van der Waals surface area contributed by atoms with Crippen LogP contribution in [0.15, 0.2) is 47.6 Å². The molecule has 0 bridgehead atoms. The minimum absolute atomic E-state index is 0.0591. The number of nitrogens with zero attached hydrogens (tertiary/aromatic N) is 1. The molecule has 0 heterocycles. The van der Waals surface area contributed by atoms with Crippen molar-refractivity contribution < 1.29 is 18.7 Å². The van der Waals surface area contributed by atoms with Crippen molar-refractivity contribution in [3.8, 4) is 11.5 Å². The number of halogens is 1. The molecule has 138 valence electrons. The molecule has 0 saturated carbocycles. The van der Waals surface area contributed by atoms with E-state index in [1.165, 1.54) is 24.4 Å². The standard InChI is InChI=1S/C20H23FN2O3/c1-14(2)10-11-26-18-9-8-15(12-19(18)25-3)13-22-23-20(24)16-6-4-5-7-17(16)21/h4-9,12-14H,10-11H2,1-3H3,(H,23,24)/b22-13-. The molecular weight excluding hydrogens is 335 g/mol. The van der Waals surface area contributed by atoms with Gasteiger partial charge in [-0.3, -0.25) is 4.79 Å². The van der Waals surface area contributed by atoms with E-state index < -0.39 is 11.7 Å². The van der Waals surface area contributed by atoms with Gasteiger partial charge in [-0.2, -0.15) is 5.10 Å². The van der Waals surface area contributed by atoms with Crippen molar-refractivity contribution in [1.29, 1.82) is 0 Å². The summed E-state index contributed by atoms with van der Waals surface area (Å²) in [5.41, 5.74) is 2.96. The first-order chi connectivity index (χ1) is 12.5. The van der Waals surface area contributed by atoms with Gasteiger partial charge in [0.25, 0.3) is 5.91 Å². The van der Waals surface area contributed by atoms with Crippen molar-refractivity contribution in [2.75, 3.05) is 13.7 Å². The van der Waals surface area contributed by atoms with Crippen LogP contribution in [0.25, 0.3) is 0 Å². The van der Waals surface area contributed by atoms with Crippen LogP contribution in [0.1, 0.15) is 36.2 Å². The Labute approximate surface area is 152 Å². The van der Waals surface area contributed by atoms with Crippen molar-refractivity contribution in [3.63, 3.8) is 0 Å². The zero-order chi connectivity index (χ0) is 18.9. The Morgan fingerprint density at radius 1 is 1.23 bits per heavy atom. The molecule has 0 aliphatic heterocycles. The van der Waals surface area contributed by atoms with Crippen molar-refractivity contribution in [1.82, 2.24) is 5.43 Å². The summed E-state index contributed by atoms with van der Waals surface area (Å²) in [4.78, 5) is 11.9. The number of benzene rings is 2. The normalized spacial score (nSPS) is 11.0. The van der Waals surface area contributed by atoms with E-state index in [0.29, 0.717) is 29.6 Å². The van der Waals surface area contributed by atoms with Gasteiger partial charge in [-0.1, -0.05) is 26.0 Å². The van der Waals surface area contributed by atoms with Crippen LogP contribution in [0.3, 0.4) is 0 Å². The second-order valence-electron chi connectivity index (χ2n) is 6.12. The molecule has 0 saturated heterocycles. The van der Waals surface area contributed by atoms with Gasteiger partial charge >= 0.3 is 0 Å². The molecule has 2 aromatic rings. The highest BCUT2D eigenvalue weighted by Crippen LogP contribution is 2.27. The number of ether oxygens (including phenoxy) is 2. The topological polar surface area (TPSA) is 59.9 Å². The van der Waals surface area contributed by atoms with E-state index in [1.54, 1.807) is 31.4 Å². The number of rotatable bonds is 8. The number of hydrogen-bond acceptors (Lipinski definition) is 4. The molecule has 0 atom stereocenters. The smallest absolute Gasteiger partial charge is 0.274 e. The maximum Gasteiger partial charge on any atom is 0.274 e. The second kappa shape index (κ2) is 9.56. The highest BCUT2D eigenvalue weighted by Gasteiger charge is 2.09. The molecule has 0 aliphatic carbocycles. The first-order valence-corrected chi connectivity index (χ1v) is 8.40. The summed E-state index contributed by atoms with van der Waals surface area (Å²) in [7, 11) is 1.56. The van der Waals surface area contributed by atoms with E-state index in [2.05, 4.69) is 24.4 Å². The SMILES string of the molecule is COc1cc(/C=N\NC(=O)c2ccccc2F)ccc1OCCC(C)C. The maximum atomic E-state index is 13.5. The summed E-state index contributed by atoms with van der Waals surface area (Å²) in [5.74, 6) is 0.592. The summed E-state index contributed by atoms with van der Waals surface area (Å²) < 4.78 is 24.6. The summed E-state index contributed by atoms with van der Waals surface area (Å²) >= 11 is 0. The molecule has 0 fully saturated rings. The lowest BCUT2D eigenvalue weighted by atomic mass is 10.1. The van der Waals surface area contributed by atoms with Crippen LogP contribution in [0.2, 0.25) is 0 Å². The molecule has 26 heavy (non-hydrogen) atoms. The van der Waals surface area contributed by atoms with Gasteiger partial charge in [-0.05, 0) is 48.2 Å². The van der Waals surface area contributed by atoms with Gasteiger partial charge in [0.1, 0.15) is 5.82 Å². The first-order valence-electron chi connectivity index (χ1n) is 8.40. The molecule has 2 aromatic carbocycles. The summed E-state index contributed by atoms with van der Waals surface area (Å²) in [6, 6.07) is 11.1. The minimum atomic E-state index is -0.611. The fourth-order valence-corrected chi connectivity index (χ4v) is 2.16. The number of carbonyl (C=O) groups is 1. The quantitative estimate of drug-likeness (QED) is 0.573. The van der Waals surface area contributed by atoms with Gasteiger partial charge in [0.05, 0.1) is 25.5 Å². The number of amides is 1. The van der Waals surface area contributed by atoms with Crippen LogP contribution in [0.4, 0.5) is 4.39 Å². The Morgan fingerprint density at radius 2 is 2.00 bits per heavy atom. The van der Waals surface area contributed by atoms with Crippen LogP contribution < -0.4 is 14.9 Å². The third kappa shape index (κ3) is 5.58. The number of methoxy groups -OCH3 is 1. The van der Waals surface area contributed by atoms with Crippen LogP contribution in [-0.2, 0) is 0 Å². The molecular formula is C20H23FN2O3. The van der Waals surface area contributed by atoms with Gasteiger partial charge in [0, 0.05) is 0 Å². The molecule has 1 N–H and O–H groups in total. The molecule has 0 aromatic heterocycles. The van der Waals surface area contributed by atoms with Gasteiger partial charge < -0.3 is 9.47 Å². The zero-order valence-electron chi connectivity index (χ0n) is 15.2. The van der Waals surface area contributed by atoms with Crippen LogP contribution >= 0.6 is 0 Å². The third-order valence-corrected chi connectivity index (χ3v) is 3.64. The fourth-order valence-electron chi connectivity index (χ4n) is 2.16. The highest BCUT2D eigenvalue weighted by atomic mass is 19.1. The third-order valence-electron chi connectivity index (χ3n) is 3.64. The summed E-state index contributed by atoms with van der Waals surface area (Å²) in [6.07, 6.45) is 2.41. The number of hydrogen-bond donors (Lipinski definition) is 1. The van der Waals surface area contributed by atoms with E-state index in [4.69, 9.17) is 9.47 Å². The minimum Gasteiger partial charge on any atom is -0.493 e. The largest absolute Gasteiger partial charge is 0.493 e. The maximum absolute atomic E-state index is 13.5. The van der Waals surface area contributed by atoms with Crippen molar-refractivity contribution in [2.24, 2.45) is 11.0 Å². The molecule has 0 aliphatic rings. The molecule has 0 spiro atoms.